The first-order valence-corrected chi connectivity index (χ1v) is 6.36. The van der Waals surface area contributed by atoms with E-state index >= 15 is 0 Å². The molecule has 0 heterocycles. The average Bonchev–Trinajstić information content (AvgIpc) is 2.37. The summed E-state index contributed by atoms with van der Waals surface area (Å²) in [6, 6.07) is 15.0. The highest BCUT2D eigenvalue weighted by atomic mass is 14.7. The number of fused-ring (bicyclic) bond motifs is 1. The second-order valence-corrected chi connectivity index (χ2v) is 5.11. The fourth-order valence-electron chi connectivity index (χ4n) is 2.42. The van der Waals surface area contributed by atoms with Gasteiger partial charge in [0.05, 0.1) is 0 Å². The molecule has 0 aliphatic rings. The molecule has 1 nitrogen and oxygen atoms in total. The molecular formula is C16H21N. The molecule has 17 heavy (non-hydrogen) atoms. The fourth-order valence-corrected chi connectivity index (χ4v) is 2.42. The van der Waals surface area contributed by atoms with Crippen molar-refractivity contribution in [3.8, 4) is 0 Å². The highest BCUT2D eigenvalue weighted by molar-refractivity contribution is 5.83. The van der Waals surface area contributed by atoms with Crippen LogP contribution in [0.5, 0.6) is 0 Å². The molecule has 1 atom stereocenters. The van der Waals surface area contributed by atoms with Crippen LogP contribution in [0.4, 0.5) is 0 Å². The van der Waals surface area contributed by atoms with Crippen molar-refractivity contribution in [2.45, 2.75) is 32.7 Å². The summed E-state index contributed by atoms with van der Waals surface area (Å²) >= 11 is 0. The van der Waals surface area contributed by atoms with Gasteiger partial charge < -0.3 is 5.73 Å². The first-order chi connectivity index (χ1) is 8.08. The first-order valence-electron chi connectivity index (χ1n) is 6.36. The second-order valence-electron chi connectivity index (χ2n) is 5.11. The van der Waals surface area contributed by atoms with E-state index in [9.17, 15) is 0 Å². The zero-order chi connectivity index (χ0) is 12.5. The molecule has 2 aromatic rings. The lowest BCUT2D eigenvalue weighted by Crippen LogP contribution is -2.41. The molecule has 1 unspecified atom stereocenters. The lowest BCUT2D eigenvalue weighted by atomic mass is 9.78. The van der Waals surface area contributed by atoms with Crippen LogP contribution in [0.25, 0.3) is 10.8 Å². The van der Waals surface area contributed by atoms with Crippen molar-refractivity contribution in [1.82, 2.24) is 0 Å². The summed E-state index contributed by atoms with van der Waals surface area (Å²) < 4.78 is 0. The van der Waals surface area contributed by atoms with E-state index in [0.29, 0.717) is 5.92 Å². The summed E-state index contributed by atoms with van der Waals surface area (Å²) in [6.45, 7) is 6.55. The fraction of sp³-hybridized carbons (Fsp3) is 0.375. The molecule has 0 spiro atoms. The van der Waals surface area contributed by atoms with Crippen molar-refractivity contribution in [3.63, 3.8) is 0 Å². The molecular weight excluding hydrogens is 206 g/mol. The Kier molecular flexibility index (Phi) is 3.21. The van der Waals surface area contributed by atoms with Crippen molar-refractivity contribution in [2.75, 3.05) is 0 Å². The molecule has 2 aromatic carbocycles. The van der Waals surface area contributed by atoms with Gasteiger partial charge >= 0.3 is 0 Å². The number of hydrogen-bond donors (Lipinski definition) is 1. The Morgan fingerprint density at radius 2 is 1.71 bits per heavy atom. The van der Waals surface area contributed by atoms with E-state index in [4.69, 9.17) is 5.73 Å². The number of benzene rings is 2. The predicted octanol–water partition coefficient (Wildman–Crippen LogP) is 4.06. The summed E-state index contributed by atoms with van der Waals surface area (Å²) in [7, 11) is 0. The highest BCUT2D eigenvalue weighted by Crippen LogP contribution is 2.31. The monoisotopic (exact) mass is 227 g/mol. The third kappa shape index (κ3) is 2.07. The molecule has 0 amide bonds. The van der Waals surface area contributed by atoms with Gasteiger partial charge in [0.1, 0.15) is 0 Å². The molecule has 0 aliphatic heterocycles. The van der Waals surface area contributed by atoms with Crippen LogP contribution < -0.4 is 5.73 Å². The van der Waals surface area contributed by atoms with Gasteiger partial charge in [0.15, 0.2) is 0 Å². The van der Waals surface area contributed by atoms with Crippen LogP contribution in [-0.4, -0.2) is 0 Å². The van der Waals surface area contributed by atoms with Crippen LogP contribution >= 0.6 is 0 Å². The summed E-state index contributed by atoms with van der Waals surface area (Å²) in [5.74, 6) is 0.439. The van der Waals surface area contributed by atoms with Gasteiger partial charge in [0, 0.05) is 5.54 Å². The molecule has 1 heteroatoms. The molecule has 0 aliphatic carbocycles. The van der Waals surface area contributed by atoms with Crippen molar-refractivity contribution < 1.29 is 0 Å². The van der Waals surface area contributed by atoms with Gasteiger partial charge in [-0.3, -0.25) is 0 Å². The summed E-state index contributed by atoms with van der Waals surface area (Å²) in [6.07, 6.45) is 0.961. The molecule has 2 rings (SSSR count). The molecule has 0 aromatic heterocycles. The van der Waals surface area contributed by atoms with Gasteiger partial charge in [-0.25, -0.2) is 0 Å². The largest absolute Gasteiger partial charge is 0.321 e. The predicted molar refractivity (Wildman–Crippen MR) is 74.9 cm³/mol. The molecule has 90 valence electrons. The van der Waals surface area contributed by atoms with Crippen molar-refractivity contribution in [2.24, 2.45) is 11.7 Å². The maximum atomic E-state index is 6.55. The van der Waals surface area contributed by atoms with E-state index in [0.717, 1.165) is 6.42 Å². The molecule has 0 fully saturated rings. The van der Waals surface area contributed by atoms with Crippen LogP contribution in [0.1, 0.15) is 32.8 Å². The molecule has 2 N–H and O–H groups in total. The first kappa shape index (κ1) is 12.1. The second kappa shape index (κ2) is 4.50. The summed E-state index contributed by atoms with van der Waals surface area (Å²) in [5, 5.41) is 2.55. The zero-order valence-electron chi connectivity index (χ0n) is 10.9. The van der Waals surface area contributed by atoms with E-state index in [2.05, 4.69) is 63.2 Å². The topological polar surface area (TPSA) is 26.0 Å². The van der Waals surface area contributed by atoms with Gasteiger partial charge in [-0.2, -0.15) is 0 Å². The van der Waals surface area contributed by atoms with E-state index in [-0.39, 0.29) is 5.54 Å². The Morgan fingerprint density at radius 3 is 2.29 bits per heavy atom. The van der Waals surface area contributed by atoms with Gasteiger partial charge in [0.2, 0.25) is 0 Å². The van der Waals surface area contributed by atoms with Crippen molar-refractivity contribution in [3.05, 3.63) is 48.0 Å². The van der Waals surface area contributed by atoms with Crippen LogP contribution in [0.2, 0.25) is 0 Å². The maximum absolute atomic E-state index is 6.55. The van der Waals surface area contributed by atoms with Crippen LogP contribution in [0.3, 0.4) is 0 Å². The smallest absolute Gasteiger partial charge is 0.0430 e. The molecule has 0 saturated heterocycles. The Labute approximate surface area is 104 Å². The maximum Gasteiger partial charge on any atom is 0.0430 e. The molecule has 0 radical (unpaired) electrons. The number of hydrogen-bond acceptors (Lipinski definition) is 1. The van der Waals surface area contributed by atoms with Gasteiger partial charge in [0.25, 0.3) is 0 Å². The standard InChI is InChI=1S/C16H21N/c1-4-16(17,12(2)3)15-10-9-13-7-5-6-8-14(13)11-15/h5-12H,4,17H2,1-3H3. The Bertz CT molecular complexity index is 516. The van der Waals surface area contributed by atoms with Crippen LogP contribution in [-0.2, 0) is 5.54 Å². The van der Waals surface area contributed by atoms with E-state index in [1.54, 1.807) is 0 Å². The average molecular weight is 227 g/mol. The number of nitrogens with two attached hydrogens (primary N) is 1. The van der Waals surface area contributed by atoms with E-state index in [1.165, 1.54) is 16.3 Å². The third-order valence-electron chi connectivity index (χ3n) is 3.90. The quantitative estimate of drug-likeness (QED) is 0.840. The van der Waals surface area contributed by atoms with Crippen molar-refractivity contribution >= 4 is 10.8 Å². The Morgan fingerprint density at radius 1 is 1.06 bits per heavy atom. The summed E-state index contributed by atoms with van der Waals surface area (Å²) in [5.41, 5.74) is 7.58. The van der Waals surface area contributed by atoms with Gasteiger partial charge in [-0.05, 0) is 34.7 Å². The van der Waals surface area contributed by atoms with Crippen molar-refractivity contribution in [1.29, 1.82) is 0 Å². The van der Waals surface area contributed by atoms with Crippen LogP contribution in [0, 0.1) is 5.92 Å². The molecule has 0 saturated carbocycles. The van der Waals surface area contributed by atoms with E-state index in [1.807, 2.05) is 0 Å². The normalized spacial score (nSPS) is 15.1. The third-order valence-corrected chi connectivity index (χ3v) is 3.90. The minimum Gasteiger partial charge on any atom is -0.321 e. The number of rotatable bonds is 3. The van der Waals surface area contributed by atoms with Crippen LogP contribution in [0.15, 0.2) is 42.5 Å². The minimum absolute atomic E-state index is 0.218. The summed E-state index contributed by atoms with van der Waals surface area (Å²) in [4.78, 5) is 0. The lowest BCUT2D eigenvalue weighted by molar-refractivity contribution is 0.306. The highest BCUT2D eigenvalue weighted by Gasteiger charge is 2.28. The SMILES string of the molecule is CCC(N)(c1ccc2ccccc2c1)C(C)C. The lowest BCUT2D eigenvalue weighted by Gasteiger charge is -2.33. The van der Waals surface area contributed by atoms with Gasteiger partial charge in [-0.15, -0.1) is 0 Å². The minimum atomic E-state index is -0.218. The zero-order valence-corrected chi connectivity index (χ0v) is 10.9. The van der Waals surface area contributed by atoms with E-state index < -0.39 is 0 Å². The van der Waals surface area contributed by atoms with Gasteiger partial charge in [-0.1, -0.05) is 57.2 Å². The Balaban J connectivity index is 2.55. The Hall–Kier alpha value is -1.34. The molecule has 0 bridgehead atoms.